The first-order chi connectivity index (χ1) is 3.83. The van der Waals surface area contributed by atoms with Crippen LogP contribution in [0.2, 0.25) is 0 Å². The van der Waals surface area contributed by atoms with Gasteiger partial charge in [0.05, 0.1) is 4.21 Å². The molecule has 8 heavy (non-hydrogen) atoms. The Morgan fingerprint density at radius 2 is 2.38 bits per heavy atom. The number of hydrogen-bond donors (Lipinski definition) is 0. The van der Waals surface area contributed by atoms with Crippen molar-refractivity contribution in [3.63, 3.8) is 0 Å². The lowest BCUT2D eigenvalue weighted by Gasteiger charge is -1.79. The summed E-state index contributed by atoms with van der Waals surface area (Å²) in [6, 6.07) is 2.20. The van der Waals surface area contributed by atoms with E-state index in [0.717, 1.165) is 0 Å². The zero-order valence-electron chi connectivity index (χ0n) is 4.97. The summed E-state index contributed by atoms with van der Waals surface area (Å²) in [7, 11) is 0. The van der Waals surface area contributed by atoms with E-state index in [2.05, 4.69) is 24.6 Å². The maximum atomic E-state index is 2.20. The Morgan fingerprint density at radius 3 is 2.62 bits per heavy atom. The van der Waals surface area contributed by atoms with Crippen LogP contribution in [0.15, 0.2) is 15.7 Å². The lowest BCUT2D eigenvalue weighted by atomic mass is 10.4. The fourth-order valence-electron chi connectivity index (χ4n) is 0.512. The van der Waals surface area contributed by atoms with Gasteiger partial charge >= 0.3 is 0 Å². The highest BCUT2D eigenvalue weighted by molar-refractivity contribution is 8.00. The summed E-state index contributed by atoms with van der Waals surface area (Å²) in [6.45, 7) is 2.12. The number of rotatable bonds is 1. The van der Waals surface area contributed by atoms with E-state index in [1.54, 1.807) is 0 Å². The second-order valence-corrected chi connectivity index (χ2v) is 3.66. The number of hydrogen-bond acceptors (Lipinski definition) is 2. The van der Waals surface area contributed by atoms with Gasteiger partial charge in [0.15, 0.2) is 0 Å². The summed E-state index contributed by atoms with van der Waals surface area (Å²) in [6.07, 6.45) is 2.10. The molecular weight excluding hydrogens is 136 g/mol. The zero-order valence-corrected chi connectivity index (χ0v) is 6.60. The molecule has 1 heterocycles. The van der Waals surface area contributed by atoms with Gasteiger partial charge in [-0.15, -0.1) is 23.1 Å². The van der Waals surface area contributed by atoms with Crippen molar-refractivity contribution in [2.75, 3.05) is 6.26 Å². The summed E-state index contributed by atoms with van der Waals surface area (Å²) in [5.74, 6) is 0. The molecule has 0 spiro atoms. The van der Waals surface area contributed by atoms with Crippen molar-refractivity contribution < 1.29 is 0 Å². The molecule has 2 heteroatoms. The van der Waals surface area contributed by atoms with Crippen molar-refractivity contribution >= 4 is 23.1 Å². The fraction of sp³-hybridized carbons (Fsp3) is 0.333. The monoisotopic (exact) mass is 144 g/mol. The summed E-state index contributed by atoms with van der Waals surface area (Å²) >= 11 is 3.62. The van der Waals surface area contributed by atoms with E-state index in [1.165, 1.54) is 9.77 Å². The van der Waals surface area contributed by atoms with Crippen LogP contribution in [0, 0.1) is 6.92 Å². The number of thiophene rings is 1. The number of aryl methyl sites for hydroxylation is 1. The van der Waals surface area contributed by atoms with E-state index in [4.69, 9.17) is 0 Å². The van der Waals surface area contributed by atoms with Crippen molar-refractivity contribution in [1.29, 1.82) is 0 Å². The van der Waals surface area contributed by atoms with Crippen LogP contribution >= 0.6 is 23.1 Å². The summed E-state index contributed by atoms with van der Waals surface area (Å²) in [5.41, 5.74) is 1.37. The average molecular weight is 144 g/mol. The zero-order chi connectivity index (χ0) is 5.98. The molecule has 1 aromatic heterocycles. The van der Waals surface area contributed by atoms with Crippen LogP contribution < -0.4 is 0 Å². The highest BCUT2D eigenvalue weighted by Crippen LogP contribution is 2.22. The molecule has 1 aromatic rings. The minimum Gasteiger partial charge on any atom is -0.137 e. The van der Waals surface area contributed by atoms with Gasteiger partial charge in [-0.1, -0.05) is 0 Å². The summed E-state index contributed by atoms with van der Waals surface area (Å²) in [4.78, 5) is 0. The van der Waals surface area contributed by atoms with E-state index < -0.39 is 0 Å². The Labute approximate surface area is 57.9 Å². The third-order valence-corrected chi connectivity index (χ3v) is 3.06. The molecule has 0 bridgehead atoms. The van der Waals surface area contributed by atoms with Crippen molar-refractivity contribution in [1.82, 2.24) is 0 Å². The van der Waals surface area contributed by atoms with E-state index >= 15 is 0 Å². The molecule has 0 atom stereocenters. The highest BCUT2D eigenvalue weighted by atomic mass is 32.2. The fourth-order valence-corrected chi connectivity index (χ4v) is 1.97. The van der Waals surface area contributed by atoms with Crippen molar-refractivity contribution in [3.8, 4) is 0 Å². The van der Waals surface area contributed by atoms with Gasteiger partial charge in [-0.3, -0.25) is 0 Å². The van der Waals surface area contributed by atoms with Gasteiger partial charge in [-0.05, 0) is 30.2 Å². The van der Waals surface area contributed by atoms with Gasteiger partial charge in [0.25, 0.3) is 0 Å². The van der Waals surface area contributed by atoms with E-state index in [-0.39, 0.29) is 0 Å². The van der Waals surface area contributed by atoms with Gasteiger partial charge in [-0.2, -0.15) is 0 Å². The van der Waals surface area contributed by atoms with E-state index in [9.17, 15) is 0 Å². The Morgan fingerprint density at radius 1 is 1.62 bits per heavy atom. The first-order valence-corrected chi connectivity index (χ1v) is 4.52. The van der Waals surface area contributed by atoms with Gasteiger partial charge in [0, 0.05) is 0 Å². The SMILES string of the molecule is CSc1cc(C)cs1. The average Bonchev–Trinajstić information content (AvgIpc) is 2.14. The van der Waals surface area contributed by atoms with Crippen LogP contribution in [-0.4, -0.2) is 6.26 Å². The minimum atomic E-state index is 1.37. The molecule has 0 aliphatic heterocycles. The Kier molecular flexibility index (Phi) is 1.97. The molecule has 44 valence electrons. The molecule has 0 unspecified atom stereocenters. The van der Waals surface area contributed by atoms with E-state index in [0.29, 0.717) is 0 Å². The minimum absolute atomic E-state index is 1.37. The molecule has 0 nitrogen and oxygen atoms in total. The molecular formula is C6H8S2. The molecule has 1 rings (SSSR count). The van der Waals surface area contributed by atoms with Crippen LogP contribution in [0.25, 0.3) is 0 Å². The molecule has 0 N–H and O–H groups in total. The first kappa shape index (κ1) is 6.17. The standard InChI is InChI=1S/C6H8S2/c1-5-3-6(7-2)8-4-5/h3-4H,1-2H3. The third-order valence-electron chi connectivity index (χ3n) is 0.908. The lowest BCUT2D eigenvalue weighted by Crippen LogP contribution is -1.53. The van der Waals surface area contributed by atoms with Crippen LogP contribution in [0.1, 0.15) is 5.56 Å². The van der Waals surface area contributed by atoms with Crippen molar-refractivity contribution in [3.05, 3.63) is 17.0 Å². The summed E-state index contributed by atoms with van der Waals surface area (Å²) in [5, 5.41) is 2.17. The van der Waals surface area contributed by atoms with E-state index in [1.807, 2.05) is 23.1 Å². The predicted molar refractivity (Wildman–Crippen MR) is 40.8 cm³/mol. The van der Waals surface area contributed by atoms with Gasteiger partial charge < -0.3 is 0 Å². The first-order valence-electron chi connectivity index (χ1n) is 2.42. The second kappa shape index (κ2) is 2.55. The van der Waals surface area contributed by atoms with Gasteiger partial charge in [-0.25, -0.2) is 0 Å². The largest absolute Gasteiger partial charge is 0.137 e. The summed E-state index contributed by atoms with van der Waals surface area (Å²) < 4.78 is 1.41. The topological polar surface area (TPSA) is 0 Å². The molecule has 0 saturated carbocycles. The maximum Gasteiger partial charge on any atom is 0.0598 e. The van der Waals surface area contributed by atoms with Crippen LogP contribution in [0.4, 0.5) is 0 Å². The molecule has 0 aromatic carbocycles. The van der Waals surface area contributed by atoms with Crippen LogP contribution in [0.3, 0.4) is 0 Å². The predicted octanol–water partition coefficient (Wildman–Crippen LogP) is 2.78. The number of thioether (sulfide) groups is 1. The molecule has 0 saturated heterocycles. The maximum absolute atomic E-state index is 2.20. The molecule has 0 fully saturated rings. The molecule has 0 aliphatic carbocycles. The lowest BCUT2D eigenvalue weighted by molar-refractivity contribution is 1.51. The highest BCUT2D eigenvalue weighted by Gasteiger charge is 1.90. The van der Waals surface area contributed by atoms with Crippen molar-refractivity contribution in [2.24, 2.45) is 0 Å². The van der Waals surface area contributed by atoms with Gasteiger partial charge in [0.2, 0.25) is 0 Å². The van der Waals surface area contributed by atoms with Crippen LogP contribution in [0.5, 0.6) is 0 Å². The Bertz CT molecular complexity index is 167. The molecule has 0 amide bonds. The molecule has 0 aliphatic rings. The molecule has 0 radical (unpaired) electrons. The quantitative estimate of drug-likeness (QED) is 0.546. The van der Waals surface area contributed by atoms with Crippen LogP contribution in [-0.2, 0) is 0 Å². The second-order valence-electron chi connectivity index (χ2n) is 1.65. The smallest absolute Gasteiger partial charge is 0.0598 e. The normalized spacial score (nSPS) is 9.75. The Hall–Kier alpha value is 0.0500. The Balaban J connectivity index is 2.84. The third kappa shape index (κ3) is 1.26. The van der Waals surface area contributed by atoms with Crippen molar-refractivity contribution in [2.45, 2.75) is 11.1 Å². The van der Waals surface area contributed by atoms with Gasteiger partial charge in [0.1, 0.15) is 0 Å².